The molecule has 1 aliphatic carbocycles. The molecule has 0 saturated heterocycles. The van der Waals surface area contributed by atoms with Gasteiger partial charge in [0.05, 0.1) is 11.8 Å². The molecule has 2 amide bonds. The molecule has 0 spiro atoms. The SMILES string of the molecule is CCCCNC(=O)C1CC1C(=O)Nc1ccc(C(C)(C)C)cc1. The van der Waals surface area contributed by atoms with Crippen molar-refractivity contribution in [2.24, 2.45) is 11.8 Å². The van der Waals surface area contributed by atoms with Gasteiger partial charge in [0, 0.05) is 12.2 Å². The van der Waals surface area contributed by atoms with Crippen LogP contribution in [0.5, 0.6) is 0 Å². The number of anilines is 1. The van der Waals surface area contributed by atoms with Crippen molar-refractivity contribution in [3.05, 3.63) is 29.8 Å². The van der Waals surface area contributed by atoms with E-state index >= 15 is 0 Å². The molecule has 0 bridgehead atoms. The zero-order chi connectivity index (χ0) is 17.0. The van der Waals surface area contributed by atoms with E-state index in [4.69, 9.17) is 0 Å². The van der Waals surface area contributed by atoms with Crippen molar-refractivity contribution >= 4 is 17.5 Å². The topological polar surface area (TPSA) is 58.2 Å². The minimum absolute atomic E-state index is 0.0154. The molecule has 2 atom stereocenters. The van der Waals surface area contributed by atoms with Gasteiger partial charge in [0.2, 0.25) is 11.8 Å². The van der Waals surface area contributed by atoms with Crippen LogP contribution in [-0.4, -0.2) is 18.4 Å². The Balaban J connectivity index is 1.83. The Morgan fingerprint density at radius 1 is 1.09 bits per heavy atom. The number of hydrogen-bond acceptors (Lipinski definition) is 2. The van der Waals surface area contributed by atoms with Crippen LogP contribution in [0.15, 0.2) is 24.3 Å². The van der Waals surface area contributed by atoms with E-state index in [-0.39, 0.29) is 29.1 Å². The van der Waals surface area contributed by atoms with Crippen molar-refractivity contribution in [3.8, 4) is 0 Å². The number of carbonyl (C=O) groups excluding carboxylic acids is 2. The lowest BCUT2D eigenvalue weighted by Crippen LogP contribution is -2.28. The summed E-state index contributed by atoms with van der Waals surface area (Å²) in [6, 6.07) is 7.93. The first-order valence-electron chi connectivity index (χ1n) is 8.52. The summed E-state index contributed by atoms with van der Waals surface area (Å²) in [5.41, 5.74) is 2.12. The largest absolute Gasteiger partial charge is 0.356 e. The Morgan fingerprint density at radius 3 is 2.26 bits per heavy atom. The van der Waals surface area contributed by atoms with Gasteiger partial charge in [-0.1, -0.05) is 46.2 Å². The molecule has 2 rings (SSSR count). The lowest BCUT2D eigenvalue weighted by molar-refractivity contribution is -0.125. The van der Waals surface area contributed by atoms with E-state index in [1.54, 1.807) is 0 Å². The van der Waals surface area contributed by atoms with Crippen LogP contribution in [0.4, 0.5) is 5.69 Å². The Bertz CT molecular complexity index is 558. The summed E-state index contributed by atoms with van der Waals surface area (Å²) in [6.07, 6.45) is 2.69. The number of hydrogen-bond donors (Lipinski definition) is 2. The average molecular weight is 316 g/mol. The second kappa shape index (κ2) is 7.16. The fourth-order valence-corrected chi connectivity index (χ4v) is 2.58. The van der Waals surface area contributed by atoms with Gasteiger partial charge < -0.3 is 10.6 Å². The average Bonchev–Trinajstić information content (AvgIpc) is 3.27. The second-order valence-corrected chi connectivity index (χ2v) is 7.41. The fraction of sp³-hybridized carbons (Fsp3) is 0.579. The van der Waals surface area contributed by atoms with E-state index < -0.39 is 0 Å². The van der Waals surface area contributed by atoms with Crippen LogP contribution in [0.3, 0.4) is 0 Å². The minimum Gasteiger partial charge on any atom is -0.356 e. The second-order valence-electron chi connectivity index (χ2n) is 7.41. The molecule has 1 saturated carbocycles. The summed E-state index contributed by atoms with van der Waals surface area (Å²) in [4.78, 5) is 24.1. The maximum atomic E-state index is 12.2. The first kappa shape index (κ1) is 17.5. The third-order valence-corrected chi connectivity index (χ3v) is 4.31. The van der Waals surface area contributed by atoms with Gasteiger partial charge in [0.25, 0.3) is 0 Å². The maximum absolute atomic E-state index is 12.2. The third kappa shape index (κ3) is 4.81. The fourth-order valence-electron chi connectivity index (χ4n) is 2.58. The van der Waals surface area contributed by atoms with E-state index in [0.29, 0.717) is 13.0 Å². The van der Waals surface area contributed by atoms with Crippen molar-refractivity contribution in [2.45, 2.75) is 52.4 Å². The molecule has 0 heterocycles. The van der Waals surface area contributed by atoms with E-state index in [9.17, 15) is 9.59 Å². The molecule has 1 aromatic rings. The number of nitrogens with one attached hydrogen (secondary N) is 2. The molecule has 1 aromatic carbocycles. The monoisotopic (exact) mass is 316 g/mol. The minimum atomic E-state index is -0.182. The summed E-state index contributed by atoms with van der Waals surface area (Å²) in [5.74, 6) is -0.370. The lowest BCUT2D eigenvalue weighted by atomic mass is 9.87. The van der Waals surface area contributed by atoms with E-state index in [1.807, 2.05) is 24.3 Å². The normalized spacial score (nSPS) is 20.0. The highest BCUT2D eigenvalue weighted by molar-refractivity contribution is 5.99. The van der Waals surface area contributed by atoms with Crippen LogP contribution in [0.25, 0.3) is 0 Å². The molecule has 1 aliphatic rings. The molecular weight excluding hydrogens is 288 g/mol. The Labute approximate surface area is 139 Å². The smallest absolute Gasteiger partial charge is 0.228 e. The van der Waals surface area contributed by atoms with Gasteiger partial charge in [-0.2, -0.15) is 0 Å². The first-order valence-corrected chi connectivity index (χ1v) is 8.52. The van der Waals surface area contributed by atoms with Crippen molar-refractivity contribution in [1.82, 2.24) is 5.32 Å². The third-order valence-electron chi connectivity index (χ3n) is 4.31. The van der Waals surface area contributed by atoms with Gasteiger partial charge >= 0.3 is 0 Å². The quantitative estimate of drug-likeness (QED) is 0.790. The number of benzene rings is 1. The predicted molar refractivity (Wildman–Crippen MR) is 93.3 cm³/mol. The van der Waals surface area contributed by atoms with Gasteiger partial charge in [-0.3, -0.25) is 9.59 Å². The van der Waals surface area contributed by atoms with Crippen LogP contribution in [0.1, 0.15) is 52.5 Å². The zero-order valence-electron chi connectivity index (χ0n) is 14.6. The highest BCUT2D eigenvalue weighted by atomic mass is 16.2. The van der Waals surface area contributed by atoms with Crippen molar-refractivity contribution in [3.63, 3.8) is 0 Å². The summed E-state index contributed by atoms with van der Waals surface area (Å²) < 4.78 is 0. The Kier molecular flexibility index (Phi) is 5.45. The van der Waals surface area contributed by atoms with Gasteiger partial charge in [0.1, 0.15) is 0 Å². The van der Waals surface area contributed by atoms with Gasteiger partial charge in [-0.05, 0) is 36.0 Å². The highest BCUT2D eigenvalue weighted by Crippen LogP contribution is 2.39. The predicted octanol–water partition coefficient (Wildman–Crippen LogP) is 3.48. The van der Waals surface area contributed by atoms with Crippen molar-refractivity contribution in [1.29, 1.82) is 0 Å². The molecule has 0 radical (unpaired) electrons. The molecule has 4 nitrogen and oxygen atoms in total. The number of unbranched alkanes of at least 4 members (excludes halogenated alkanes) is 1. The Hall–Kier alpha value is -1.84. The van der Waals surface area contributed by atoms with E-state index in [0.717, 1.165) is 18.5 Å². The molecule has 23 heavy (non-hydrogen) atoms. The molecule has 0 aliphatic heterocycles. The standard InChI is InChI=1S/C19H28N2O2/c1-5-6-11-20-17(22)15-12-16(15)18(23)21-14-9-7-13(8-10-14)19(2,3)4/h7-10,15-16H,5-6,11-12H2,1-4H3,(H,20,22)(H,21,23). The van der Waals surface area contributed by atoms with Gasteiger partial charge in [-0.25, -0.2) is 0 Å². The molecule has 4 heteroatoms. The van der Waals surface area contributed by atoms with E-state index in [2.05, 4.69) is 38.3 Å². The maximum Gasteiger partial charge on any atom is 0.228 e. The number of amides is 2. The Morgan fingerprint density at radius 2 is 1.70 bits per heavy atom. The van der Waals surface area contributed by atoms with Crippen molar-refractivity contribution < 1.29 is 9.59 Å². The summed E-state index contributed by atoms with van der Waals surface area (Å²) in [5, 5.41) is 5.82. The zero-order valence-corrected chi connectivity index (χ0v) is 14.6. The molecule has 1 fully saturated rings. The van der Waals surface area contributed by atoms with Crippen LogP contribution < -0.4 is 10.6 Å². The van der Waals surface area contributed by atoms with Gasteiger partial charge in [-0.15, -0.1) is 0 Å². The molecule has 126 valence electrons. The molecular formula is C19H28N2O2. The summed E-state index contributed by atoms with van der Waals surface area (Å²) >= 11 is 0. The lowest BCUT2D eigenvalue weighted by Gasteiger charge is -2.19. The van der Waals surface area contributed by atoms with Crippen LogP contribution in [0.2, 0.25) is 0 Å². The number of carbonyl (C=O) groups is 2. The van der Waals surface area contributed by atoms with Crippen molar-refractivity contribution in [2.75, 3.05) is 11.9 Å². The number of rotatable bonds is 6. The van der Waals surface area contributed by atoms with Gasteiger partial charge in [0.15, 0.2) is 0 Å². The molecule has 2 N–H and O–H groups in total. The molecule has 2 unspecified atom stereocenters. The van der Waals surface area contributed by atoms with Crippen LogP contribution >= 0.6 is 0 Å². The highest BCUT2D eigenvalue weighted by Gasteiger charge is 2.47. The van der Waals surface area contributed by atoms with E-state index in [1.165, 1.54) is 5.56 Å². The first-order chi connectivity index (χ1) is 10.8. The van der Waals surface area contributed by atoms with Crippen LogP contribution in [-0.2, 0) is 15.0 Å². The summed E-state index contributed by atoms with van der Waals surface area (Å²) in [6.45, 7) is 9.27. The van der Waals surface area contributed by atoms with Crippen LogP contribution in [0, 0.1) is 11.8 Å². The molecule has 0 aromatic heterocycles. The summed E-state index contributed by atoms with van der Waals surface area (Å²) in [7, 11) is 0.